The number of hydrogen-bond donors (Lipinski definition) is 0. The van der Waals surface area contributed by atoms with Gasteiger partial charge in [-0.05, 0) is 35.4 Å². The molecule has 2 aromatic carbocycles. The first-order valence-corrected chi connectivity index (χ1v) is 6.04. The molecule has 0 amide bonds. The first kappa shape index (κ1) is 11.9. The number of benzene rings is 2. The van der Waals surface area contributed by atoms with Crippen molar-refractivity contribution >= 4 is 28.3 Å². The van der Waals surface area contributed by atoms with E-state index in [0.29, 0.717) is 18.1 Å². The predicted molar refractivity (Wildman–Crippen MR) is 69.5 cm³/mol. The molecule has 0 saturated heterocycles. The van der Waals surface area contributed by atoms with Gasteiger partial charge in [0.25, 0.3) is 0 Å². The van der Waals surface area contributed by atoms with E-state index < -0.39 is 0 Å². The summed E-state index contributed by atoms with van der Waals surface area (Å²) in [7, 11) is 0. The Kier molecular flexibility index (Phi) is 3.64. The minimum atomic E-state index is -0.301. The fourth-order valence-electron chi connectivity index (χ4n) is 1.83. The highest BCUT2D eigenvalue weighted by molar-refractivity contribution is 6.18. The van der Waals surface area contributed by atoms with Gasteiger partial charge in [0, 0.05) is 5.88 Å². The van der Waals surface area contributed by atoms with Crippen LogP contribution in [0.25, 0.3) is 10.8 Å². The van der Waals surface area contributed by atoms with Crippen LogP contribution in [0.1, 0.15) is 22.8 Å². The third kappa shape index (κ3) is 2.42. The van der Waals surface area contributed by atoms with Crippen molar-refractivity contribution in [2.75, 3.05) is 6.61 Å². The molecule has 0 unspecified atom stereocenters. The van der Waals surface area contributed by atoms with E-state index >= 15 is 0 Å². The Bertz CT molecular complexity index is 549. The van der Waals surface area contributed by atoms with Crippen molar-refractivity contribution in [3.8, 4) is 0 Å². The quantitative estimate of drug-likeness (QED) is 0.611. The van der Waals surface area contributed by atoms with Crippen LogP contribution in [-0.2, 0) is 10.6 Å². The minimum absolute atomic E-state index is 0.301. The second-order valence-electron chi connectivity index (χ2n) is 3.71. The van der Waals surface area contributed by atoms with Crippen LogP contribution in [0.5, 0.6) is 0 Å². The molecule has 0 spiro atoms. The Morgan fingerprint density at radius 3 is 2.76 bits per heavy atom. The molecule has 0 fully saturated rings. The number of ether oxygens (including phenoxy) is 1. The summed E-state index contributed by atoms with van der Waals surface area (Å²) in [6.07, 6.45) is 0. The topological polar surface area (TPSA) is 26.3 Å². The van der Waals surface area contributed by atoms with Crippen LogP contribution < -0.4 is 0 Å². The maximum absolute atomic E-state index is 11.7. The molecule has 0 atom stereocenters. The zero-order valence-corrected chi connectivity index (χ0v) is 10.3. The van der Waals surface area contributed by atoms with Crippen LogP contribution >= 0.6 is 11.6 Å². The van der Waals surface area contributed by atoms with Gasteiger partial charge in [-0.15, -0.1) is 11.6 Å². The van der Waals surface area contributed by atoms with Gasteiger partial charge in [-0.2, -0.15) is 0 Å². The lowest BCUT2D eigenvalue weighted by molar-refractivity contribution is 0.0526. The van der Waals surface area contributed by atoms with Gasteiger partial charge in [0.15, 0.2) is 0 Å². The first-order chi connectivity index (χ1) is 8.26. The van der Waals surface area contributed by atoms with Crippen molar-refractivity contribution in [1.82, 2.24) is 0 Å². The summed E-state index contributed by atoms with van der Waals surface area (Å²) < 4.78 is 4.99. The molecule has 0 heterocycles. The molecule has 0 saturated carbocycles. The standard InChI is InChI=1S/C14H13ClO2/c1-2-17-14(16)11-7-10-5-3-4-6-13(10)12(8-11)9-15/h3-8H,2,9H2,1H3. The van der Waals surface area contributed by atoms with E-state index in [9.17, 15) is 4.79 Å². The summed E-state index contributed by atoms with van der Waals surface area (Å²) in [5, 5.41) is 2.09. The molecule has 2 aromatic rings. The van der Waals surface area contributed by atoms with E-state index in [1.807, 2.05) is 30.3 Å². The lowest BCUT2D eigenvalue weighted by atomic mass is 10.0. The molecule has 0 bridgehead atoms. The number of alkyl halides is 1. The molecule has 0 aliphatic heterocycles. The van der Waals surface area contributed by atoms with Gasteiger partial charge in [0.1, 0.15) is 0 Å². The second kappa shape index (κ2) is 5.19. The molecule has 0 aromatic heterocycles. The Hall–Kier alpha value is -1.54. The summed E-state index contributed by atoms with van der Waals surface area (Å²) in [4.78, 5) is 11.7. The van der Waals surface area contributed by atoms with Crippen molar-refractivity contribution in [1.29, 1.82) is 0 Å². The zero-order chi connectivity index (χ0) is 12.3. The number of esters is 1. The number of fused-ring (bicyclic) bond motifs is 1. The Morgan fingerprint density at radius 1 is 1.29 bits per heavy atom. The number of carbonyl (C=O) groups excluding carboxylic acids is 1. The molecule has 0 aliphatic rings. The number of carbonyl (C=O) groups is 1. The average molecular weight is 249 g/mol. The third-order valence-corrected chi connectivity index (χ3v) is 2.89. The summed E-state index contributed by atoms with van der Waals surface area (Å²) in [6.45, 7) is 2.17. The van der Waals surface area contributed by atoms with Crippen LogP contribution in [0.3, 0.4) is 0 Å². The Morgan fingerprint density at radius 2 is 2.06 bits per heavy atom. The van der Waals surface area contributed by atoms with Crippen LogP contribution in [0.15, 0.2) is 36.4 Å². The fourth-order valence-corrected chi connectivity index (χ4v) is 2.05. The average Bonchev–Trinajstić information content (AvgIpc) is 2.37. The highest BCUT2D eigenvalue weighted by Gasteiger charge is 2.10. The molecular formula is C14H13ClO2. The van der Waals surface area contributed by atoms with E-state index in [0.717, 1.165) is 16.3 Å². The van der Waals surface area contributed by atoms with Gasteiger partial charge in [0.05, 0.1) is 12.2 Å². The first-order valence-electron chi connectivity index (χ1n) is 5.51. The van der Waals surface area contributed by atoms with Crippen LogP contribution in [0.4, 0.5) is 0 Å². The van der Waals surface area contributed by atoms with Crippen LogP contribution in [-0.4, -0.2) is 12.6 Å². The normalized spacial score (nSPS) is 10.5. The number of rotatable bonds is 3. The van der Waals surface area contributed by atoms with Gasteiger partial charge < -0.3 is 4.74 Å². The van der Waals surface area contributed by atoms with Gasteiger partial charge in [0.2, 0.25) is 0 Å². The van der Waals surface area contributed by atoms with Crippen molar-refractivity contribution in [2.24, 2.45) is 0 Å². The maximum atomic E-state index is 11.7. The Labute approximate surface area is 105 Å². The van der Waals surface area contributed by atoms with Gasteiger partial charge in [-0.3, -0.25) is 0 Å². The smallest absolute Gasteiger partial charge is 0.338 e. The van der Waals surface area contributed by atoms with E-state index in [2.05, 4.69) is 0 Å². The highest BCUT2D eigenvalue weighted by Crippen LogP contribution is 2.23. The van der Waals surface area contributed by atoms with Gasteiger partial charge in [-0.1, -0.05) is 24.3 Å². The largest absolute Gasteiger partial charge is 0.462 e. The summed E-state index contributed by atoms with van der Waals surface area (Å²) in [5.41, 5.74) is 1.51. The SMILES string of the molecule is CCOC(=O)c1cc(CCl)c2ccccc2c1. The monoisotopic (exact) mass is 248 g/mol. The molecule has 0 N–H and O–H groups in total. The number of hydrogen-bond acceptors (Lipinski definition) is 2. The van der Waals surface area contributed by atoms with Crippen LogP contribution in [0.2, 0.25) is 0 Å². The summed E-state index contributed by atoms with van der Waals surface area (Å²) in [6, 6.07) is 11.5. The maximum Gasteiger partial charge on any atom is 0.338 e. The lowest BCUT2D eigenvalue weighted by Crippen LogP contribution is -2.05. The van der Waals surface area contributed by atoms with E-state index in [1.54, 1.807) is 13.0 Å². The summed E-state index contributed by atoms with van der Waals surface area (Å²) >= 11 is 5.91. The summed E-state index contributed by atoms with van der Waals surface area (Å²) in [5.74, 6) is 0.0814. The van der Waals surface area contributed by atoms with Gasteiger partial charge in [-0.25, -0.2) is 4.79 Å². The van der Waals surface area contributed by atoms with Crippen molar-refractivity contribution in [3.63, 3.8) is 0 Å². The highest BCUT2D eigenvalue weighted by atomic mass is 35.5. The molecule has 3 heteroatoms. The van der Waals surface area contributed by atoms with Crippen molar-refractivity contribution in [2.45, 2.75) is 12.8 Å². The molecule has 2 rings (SSSR count). The lowest BCUT2D eigenvalue weighted by Gasteiger charge is -2.07. The fraction of sp³-hybridized carbons (Fsp3) is 0.214. The third-order valence-electron chi connectivity index (χ3n) is 2.60. The van der Waals surface area contributed by atoms with E-state index in [4.69, 9.17) is 16.3 Å². The minimum Gasteiger partial charge on any atom is -0.462 e. The molecule has 0 radical (unpaired) electrons. The second-order valence-corrected chi connectivity index (χ2v) is 3.98. The van der Waals surface area contributed by atoms with E-state index in [-0.39, 0.29) is 5.97 Å². The zero-order valence-electron chi connectivity index (χ0n) is 9.57. The van der Waals surface area contributed by atoms with E-state index in [1.165, 1.54) is 0 Å². The molecule has 2 nitrogen and oxygen atoms in total. The van der Waals surface area contributed by atoms with Gasteiger partial charge >= 0.3 is 5.97 Å². The Balaban J connectivity index is 2.56. The van der Waals surface area contributed by atoms with Crippen molar-refractivity contribution < 1.29 is 9.53 Å². The molecule has 88 valence electrons. The molecule has 17 heavy (non-hydrogen) atoms. The molecule has 0 aliphatic carbocycles. The number of halogens is 1. The molecular weight excluding hydrogens is 236 g/mol. The predicted octanol–water partition coefficient (Wildman–Crippen LogP) is 3.76. The van der Waals surface area contributed by atoms with Crippen molar-refractivity contribution in [3.05, 3.63) is 47.5 Å². The van der Waals surface area contributed by atoms with Crippen LogP contribution in [0, 0.1) is 0 Å².